The molecule has 2 aliphatic rings. The van der Waals surface area contributed by atoms with E-state index in [-0.39, 0.29) is 10.4 Å². The number of rotatable bonds is 1. The normalized spacial score (nSPS) is 46.3. The van der Waals surface area contributed by atoms with Crippen molar-refractivity contribution in [2.75, 3.05) is 27.2 Å². The van der Waals surface area contributed by atoms with E-state index in [1.807, 2.05) is 7.05 Å². The van der Waals surface area contributed by atoms with Crippen LogP contribution < -0.4 is 0 Å². The fourth-order valence-electron chi connectivity index (χ4n) is 2.59. The Kier molecular flexibility index (Phi) is 3.00. The Balaban J connectivity index is 2.09. The number of hydrogen-bond donors (Lipinski definition) is 0. The highest BCUT2D eigenvalue weighted by Gasteiger charge is 2.48. The first kappa shape index (κ1) is 11.0. The highest BCUT2D eigenvalue weighted by atomic mass is 35.5. The SMILES string of the molecule is CN1CC[CH]C1[C@@]1(Cl)C[C@@H](Cl)N(C)C1. The maximum absolute atomic E-state index is 6.66. The molecule has 2 heterocycles. The van der Waals surface area contributed by atoms with Gasteiger partial charge in [-0.2, -0.15) is 0 Å². The third-order valence-electron chi connectivity index (χ3n) is 3.37. The molecule has 0 aromatic carbocycles. The smallest absolute Gasteiger partial charge is 0.0866 e. The van der Waals surface area contributed by atoms with E-state index in [2.05, 4.69) is 23.3 Å². The predicted octanol–water partition coefficient (Wildman–Crippen LogP) is 1.77. The van der Waals surface area contributed by atoms with Crippen molar-refractivity contribution < 1.29 is 0 Å². The van der Waals surface area contributed by atoms with Gasteiger partial charge in [0.1, 0.15) is 0 Å². The molecule has 3 atom stereocenters. The third kappa shape index (κ3) is 1.78. The van der Waals surface area contributed by atoms with Crippen molar-refractivity contribution in [2.45, 2.75) is 29.3 Å². The zero-order valence-electron chi connectivity index (χ0n) is 8.71. The summed E-state index contributed by atoms with van der Waals surface area (Å²) in [6.45, 7) is 2.00. The van der Waals surface area contributed by atoms with Crippen LogP contribution in [0.25, 0.3) is 0 Å². The van der Waals surface area contributed by atoms with Crippen LogP contribution in [0.2, 0.25) is 0 Å². The molecule has 0 N–H and O–H groups in total. The van der Waals surface area contributed by atoms with Gasteiger partial charge >= 0.3 is 0 Å². The van der Waals surface area contributed by atoms with Crippen molar-refractivity contribution in [2.24, 2.45) is 0 Å². The Labute approximate surface area is 96.1 Å². The maximum atomic E-state index is 6.66. The summed E-state index contributed by atoms with van der Waals surface area (Å²) in [6.07, 6.45) is 4.35. The quantitative estimate of drug-likeness (QED) is 0.505. The van der Waals surface area contributed by atoms with E-state index in [9.17, 15) is 0 Å². The van der Waals surface area contributed by atoms with Crippen LogP contribution in [0.4, 0.5) is 0 Å². The highest BCUT2D eigenvalue weighted by molar-refractivity contribution is 6.27. The van der Waals surface area contributed by atoms with E-state index in [0.29, 0.717) is 6.04 Å². The second kappa shape index (κ2) is 3.82. The molecular formula is C10H17Cl2N2. The van der Waals surface area contributed by atoms with Gasteiger partial charge in [0, 0.05) is 12.6 Å². The van der Waals surface area contributed by atoms with Gasteiger partial charge in [-0.1, -0.05) is 0 Å². The van der Waals surface area contributed by atoms with Crippen LogP contribution in [-0.2, 0) is 0 Å². The first-order valence-corrected chi connectivity index (χ1v) is 5.91. The van der Waals surface area contributed by atoms with Gasteiger partial charge < -0.3 is 4.90 Å². The summed E-state index contributed by atoms with van der Waals surface area (Å²) in [4.78, 5) is 4.29. The minimum absolute atomic E-state index is 0.0925. The number of likely N-dealkylation sites (tertiary alicyclic amines) is 2. The van der Waals surface area contributed by atoms with Gasteiger partial charge in [-0.25, -0.2) is 0 Å². The Morgan fingerprint density at radius 2 is 2.07 bits per heavy atom. The number of alkyl halides is 2. The molecule has 14 heavy (non-hydrogen) atoms. The van der Waals surface area contributed by atoms with Gasteiger partial charge in [0.15, 0.2) is 0 Å². The number of nitrogens with zero attached hydrogens (tertiary/aromatic N) is 2. The van der Waals surface area contributed by atoms with Gasteiger partial charge in [0.2, 0.25) is 0 Å². The molecule has 2 aliphatic heterocycles. The number of halogens is 2. The molecule has 0 aromatic heterocycles. The highest BCUT2D eigenvalue weighted by Crippen LogP contribution is 2.41. The van der Waals surface area contributed by atoms with E-state index < -0.39 is 0 Å². The van der Waals surface area contributed by atoms with E-state index in [0.717, 1.165) is 25.9 Å². The first-order chi connectivity index (χ1) is 6.53. The molecule has 2 fully saturated rings. The van der Waals surface area contributed by atoms with Gasteiger partial charge in [0.05, 0.1) is 10.4 Å². The first-order valence-electron chi connectivity index (χ1n) is 5.10. The lowest BCUT2D eigenvalue weighted by Gasteiger charge is -2.33. The van der Waals surface area contributed by atoms with Crippen molar-refractivity contribution in [1.29, 1.82) is 0 Å². The zero-order valence-corrected chi connectivity index (χ0v) is 10.2. The molecule has 0 aromatic rings. The molecule has 1 unspecified atom stereocenters. The minimum atomic E-state index is -0.174. The van der Waals surface area contributed by atoms with E-state index in [1.54, 1.807) is 0 Å². The summed E-state index contributed by atoms with van der Waals surface area (Å²) in [5, 5.41) is 0. The molecule has 2 nitrogen and oxygen atoms in total. The summed E-state index contributed by atoms with van der Waals surface area (Å²) in [5.41, 5.74) is 0.0925. The Morgan fingerprint density at radius 1 is 1.36 bits per heavy atom. The van der Waals surface area contributed by atoms with Gasteiger partial charge in [-0.15, -0.1) is 23.2 Å². The van der Waals surface area contributed by atoms with Crippen molar-refractivity contribution in [1.82, 2.24) is 9.80 Å². The Morgan fingerprint density at radius 3 is 2.50 bits per heavy atom. The summed E-state index contributed by atoms with van der Waals surface area (Å²) >= 11 is 12.8. The van der Waals surface area contributed by atoms with Crippen molar-refractivity contribution in [3.63, 3.8) is 0 Å². The molecule has 0 spiro atoms. The molecular weight excluding hydrogens is 219 g/mol. The lowest BCUT2D eigenvalue weighted by atomic mass is 9.96. The average molecular weight is 236 g/mol. The Bertz CT molecular complexity index is 212. The van der Waals surface area contributed by atoms with Gasteiger partial charge in [0.25, 0.3) is 0 Å². The molecule has 0 saturated carbocycles. The fraction of sp³-hybridized carbons (Fsp3) is 0.900. The monoisotopic (exact) mass is 235 g/mol. The summed E-state index contributed by atoms with van der Waals surface area (Å²) in [6, 6.07) is 0.385. The molecule has 0 aliphatic carbocycles. The standard InChI is InChI=1S/C10H17Cl2N2/c1-13-5-3-4-8(13)10(12)6-9(11)14(2)7-10/h4,8-9H,3,5-7H2,1-2H3/t8?,9-,10+/m0/s1. The maximum Gasteiger partial charge on any atom is 0.0866 e. The second-order valence-electron chi connectivity index (χ2n) is 4.54. The molecule has 0 bridgehead atoms. The molecule has 0 amide bonds. The molecule has 2 saturated heterocycles. The van der Waals surface area contributed by atoms with Crippen LogP contribution in [0, 0.1) is 6.42 Å². The lowest BCUT2D eigenvalue weighted by molar-refractivity contribution is 0.263. The van der Waals surface area contributed by atoms with Crippen LogP contribution in [0.3, 0.4) is 0 Å². The van der Waals surface area contributed by atoms with E-state index >= 15 is 0 Å². The van der Waals surface area contributed by atoms with Crippen molar-refractivity contribution >= 4 is 23.2 Å². The van der Waals surface area contributed by atoms with E-state index in [4.69, 9.17) is 23.2 Å². The predicted molar refractivity (Wildman–Crippen MR) is 60.8 cm³/mol. The van der Waals surface area contributed by atoms with E-state index in [1.165, 1.54) is 0 Å². The topological polar surface area (TPSA) is 6.48 Å². The van der Waals surface area contributed by atoms with Crippen molar-refractivity contribution in [3.8, 4) is 0 Å². The second-order valence-corrected chi connectivity index (χ2v) is 5.79. The summed E-state index contributed by atoms with van der Waals surface area (Å²) in [5.74, 6) is 0. The van der Waals surface area contributed by atoms with Crippen LogP contribution in [0.15, 0.2) is 0 Å². The average Bonchev–Trinajstić information content (AvgIpc) is 2.59. The Hall–Kier alpha value is 0.500. The molecule has 2 rings (SSSR count). The molecule has 4 heteroatoms. The third-order valence-corrected chi connectivity index (χ3v) is 4.36. The fourth-order valence-corrected chi connectivity index (χ4v) is 3.60. The van der Waals surface area contributed by atoms with Crippen LogP contribution in [-0.4, -0.2) is 53.4 Å². The van der Waals surface area contributed by atoms with Gasteiger partial charge in [-0.05, 0) is 39.9 Å². The summed E-state index contributed by atoms with van der Waals surface area (Å²) < 4.78 is 0. The van der Waals surface area contributed by atoms with Crippen LogP contribution >= 0.6 is 23.2 Å². The van der Waals surface area contributed by atoms with Gasteiger partial charge in [-0.3, -0.25) is 4.90 Å². The molecule has 81 valence electrons. The summed E-state index contributed by atoms with van der Waals surface area (Å²) in [7, 11) is 4.18. The minimum Gasteiger partial charge on any atom is -0.301 e. The largest absolute Gasteiger partial charge is 0.301 e. The van der Waals surface area contributed by atoms with Crippen molar-refractivity contribution in [3.05, 3.63) is 6.42 Å². The zero-order chi connectivity index (χ0) is 10.3. The van der Waals surface area contributed by atoms with Crippen LogP contribution in [0.1, 0.15) is 12.8 Å². The molecule has 1 radical (unpaired) electrons. The lowest BCUT2D eigenvalue weighted by Crippen LogP contribution is -2.46. The van der Waals surface area contributed by atoms with Crippen LogP contribution in [0.5, 0.6) is 0 Å². The number of hydrogen-bond acceptors (Lipinski definition) is 2.